The van der Waals surface area contributed by atoms with Gasteiger partial charge in [0.25, 0.3) is 0 Å². The Labute approximate surface area is 162 Å². The maximum absolute atomic E-state index is 12.2. The molecule has 1 fully saturated rings. The van der Waals surface area contributed by atoms with Crippen molar-refractivity contribution in [1.29, 1.82) is 0 Å². The minimum atomic E-state index is -0.477. The topological polar surface area (TPSA) is 67.9 Å². The molecule has 0 unspecified atom stereocenters. The Balaban J connectivity index is 1.69. The Kier molecular flexibility index (Phi) is 7.66. The van der Waals surface area contributed by atoms with Gasteiger partial charge in [0.05, 0.1) is 6.61 Å². The van der Waals surface area contributed by atoms with E-state index in [-0.39, 0.29) is 12.0 Å². The molecule has 0 spiro atoms. The molecule has 0 aliphatic carbocycles. The average molecular weight is 376 g/mol. The molecular weight excluding hydrogens is 344 g/mol. The molecule has 27 heavy (non-hydrogen) atoms. The Morgan fingerprint density at radius 2 is 1.70 bits per heavy atom. The van der Waals surface area contributed by atoms with E-state index in [2.05, 4.69) is 5.32 Å². The van der Waals surface area contributed by atoms with Gasteiger partial charge < -0.3 is 19.7 Å². The summed E-state index contributed by atoms with van der Waals surface area (Å²) in [6.45, 7) is 8.02. The fraction of sp³-hybridized carbons (Fsp3) is 0.619. The van der Waals surface area contributed by atoms with Crippen LogP contribution in [-0.2, 0) is 27.4 Å². The summed E-state index contributed by atoms with van der Waals surface area (Å²) in [5.74, 6) is 0.374. The third-order valence-electron chi connectivity index (χ3n) is 4.56. The third-order valence-corrected chi connectivity index (χ3v) is 4.56. The first-order chi connectivity index (χ1) is 12.8. The van der Waals surface area contributed by atoms with E-state index >= 15 is 0 Å². The van der Waals surface area contributed by atoms with Crippen LogP contribution >= 0.6 is 0 Å². The quantitative estimate of drug-likeness (QED) is 0.825. The van der Waals surface area contributed by atoms with Crippen molar-refractivity contribution < 1.29 is 19.1 Å². The Morgan fingerprint density at radius 1 is 1.11 bits per heavy atom. The molecule has 1 aromatic rings. The number of hydrogen-bond donors (Lipinski definition) is 1. The number of piperidine rings is 1. The highest BCUT2D eigenvalue weighted by Crippen LogP contribution is 2.22. The zero-order valence-corrected chi connectivity index (χ0v) is 16.9. The molecule has 1 saturated heterocycles. The summed E-state index contributed by atoms with van der Waals surface area (Å²) in [6, 6.07) is 8.04. The number of methoxy groups -OCH3 is 1. The molecule has 150 valence electrons. The van der Waals surface area contributed by atoms with E-state index in [0.29, 0.717) is 38.6 Å². The van der Waals surface area contributed by atoms with E-state index in [1.165, 1.54) is 0 Å². The van der Waals surface area contributed by atoms with Gasteiger partial charge in [-0.05, 0) is 50.7 Å². The SMILES string of the molecule is COCc1ccc(CNC(=O)CC2CCN(C(=O)OC(C)(C)C)CC2)cc1. The highest BCUT2D eigenvalue weighted by molar-refractivity contribution is 5.76. The molecule has 6 heteroatoms. The number of likely N-dealkylation sites (tertiary alicyclic amines) is 1. The van der Waals surface area contributed by atoms with E-state index in [0.717, 1.165) is 24.0 Å². The Hall–Kier alpha value is -2.08. The largest absolute Gasteiger partial charge is 0.444 e. The van der Waals surface area contributed by atoms with Gasteiger partial charge in [-0.3, -0.25) is 4.79 Å². The Morgan fingerprint density at radius 3 is 2.26 bits per heavy atom. The lowest BCUT2D eigenvalue weighted by atomic mass is 9.93. The number of nitrogens with one attached hydrogen (secondary N) is 1. The number of rotatable bonds is 6. The minimum absolute atomic E-state index is 0.0617. The van der Waals surface area contributed by atoms with Gasteiger partial charge in [0.2, 0.25) is 5.91 Å². The predicted octanol–water partition coefficient (Wildman–Crippen LogP) is 3.49. The van der Waals surface area contributed by atoms with Gasteiger partial charge in [-0.2, -0.15) is 0 Å². The molecule has 0 bridgehead atoms. The van der Waals surface area contributed by atoms with Crippen LogP contribution in [0.15, 0.2) is 24.3 Å². The first kappa shape index (κ1) is 21.2. The van der Waals surface area contributed by atoms with Crippen LogP contribution in [0.1, 0.15) is 51.2 Å². The highest BCUT2D eigenvalue weighted by atomic mass is 16.6. The number of carbonyl (C=O) groups excluding carboxylic acids is 2. The second-order valence-electron chi connectivity index (χ2n) is 8.14. The first-order valence-electron chi connectivity index (χ1n) is 9.58. The van der Waals surface area contributed by atoms with Gasteiger partial charge in [-0.25, -0.2) is 4.79 Å². The van der Waals surface area contributed by atoms with Crippen molar-refractivity contribution in [1.82, 2.24) is 10.2 Å². The molecule has 1 aliphatic rings. The maximum atomic E-state index is 12.2. The number of carbonyl (C=O) groups is 2. The second kappa shape index (κ2) is 9.74. The molecule has 0 radical (unpaired) electrons. The lowest BCUT2D eigenvalue weighted by Crippen LogP contribution is -2.42. The first-order valence-corrected chi connectivity index (χ1v) is 9.58. The summed E-state index contributed by atoms with van der Waals surface area (Å²) in [4.78, 5) is 26.0. The van der Waals surface area contributed by atoms with Crippen LogP contribution in [0.25, 0.3) is 0 Å². The molecule has 0 atom stereocenters. The molecule has 0 saturated carbocycles. The van der Waals surface area contributed by atoms with Crippen LogP contribution in [-0.4, -0.2) is 42.7 Å². The normalized spacial score (nSPS) is 15.5. The number of ether oxygens (including phenoxy) is 2. The van der Waals surface area contributed by atoms with Gasteiger partial charge in [0, 0.05) is 33.2 Å². The molecule has 1 N–H and O–H groups in total. The van der Waals surface area contributed by atoms with Gasteiger partial charge in [-0.15, -0.1) is 0 Å². The average Bonchev–Trinajstić information content (AvgIpc) is 2.60. The van der Waals surface area contributed by atoms with Crippen LogP contribution in [0.2, 0.25) is 0 Å². The summed E-state index contributed by atoms with van der Waals surface area (Å²) in [7, 11) is 1.67. The van der Waals surface area contributed by atoms with Crippen molar-refractivity contribution in [3.8, 4) is 0 Å². The maximum Gasteiger partial charge on any atom is 0.410 e. The molecule has 2 rings (SSSR count). The van der Waals surface area contributed by atoms with E-state index in [9.17, 15) is 9.59 Å². The second-order valence-corrected chi connectivity index (χ2v) is 8.14. The van der Waals surface area contributed by atoms with Crippen molar-refractivity contribution in [2.75, 3.05) is 20.2 Å². The summed E-state index contributed by atoms with van der Waals surface area (Å²) >= 11 is 0. The van der Waals surface area contributed by atoms with Crippen molar-refractivity contribution in [3.63, 3.8) is 0 Å². The lowest BCUT2D eigenvalue weighted by Gasteiger charge is -2.33. The zero-order chi connectivity index (χ0) is 19.9. The fourth-order valence-electron chi connectivity index (χ4n) is 3.10. The van der Waals surface area contributed by atoms with E-state index < -0.39 is 5.60 Å². The van der Waals surface area contributed by atoms with Crippen LogP contribution < -0.4 is 5.32 Å². The number of amides is 2. The number of benzene rings is 1. The van der Waals surface area contributed by atoms with Crippen LogP contribution in [0.5, 0.6) is 0 Å². The van der Waals surface area contributed by atoms with Crippen LogP contribution in [0, 0.1) is 5.92 Å². The smallest absolute Gasteiger partial charge is 0.410 e. The van der Waals surface area contributed by atoms with Gasteiger partial charge in [0.15, 0.2) is 0 Å². The molecular formula is C21H32N2O4. The molecule has 0 aromatic heterocycles. The van der Waals surface area contributed by atoms with Gasteiger partial charge >= 0.3 is 6.09 Å². The van der Waals surface area contributed by atoms with Gasteiger partial charge in [-0.1, -0.05) is 24.3 Å². The summed E-state index contributed by atoms with van der Waals surface area (Å²) in [5, 5.41) is 2.99. The minimum Gasteiger partial charge on any atom is -0.444 e. The molecule has 6 nitrogen and oxygen atoms in total. The third kappa shape index (κ3) is 7.59. The Bertz CT molecular complexity index is 614. The number of hydrogen-bond acceptors (Lipinski definition) is 4. The van der Waals surface area contributed by atoms with E-state index in [1.54, 1.807) is 12.0 Å². The van der Waals surface area contributed by atoms with Crippen molar-refractivity contribution >= 4 is 12.0 Å². The van der Waals surface area contributed by atoms with Gasteiger partial charge in [0.1, 0.15) is 5.60 Å². The summed E-state index contributed by atoms with van der Waals surface area (Å²) < 4.78 is 10.5. The van der Waals surface area contributed by atoms with Crippen molar-refractivity contribution in [2.45, 2.75) is 58.8 Å². The standard InChI is InChI=1S/C21H32N2O4/c1-21(2,3)27-20(25)23-11-9-16(10-12-23)13-19(24)22-14-17-5-7-18(8-6-17)15-26-4/h5-8,16H,9-15H2,1-4H3,(H,22,24). The summed E-state index contributed by atoms with van der Waals surface area (Å²) in [5.41, 5.74) is 1.71. The monoisotopic (exact) mass is 376 g/mol. The van der Waals surface area contributed by atoms with Crippen LogP contribution in [0.4, 0.5) is 4.79 Å². The highest BCUT2D eigenvalue weighted by Gasteiger charge is 2.27. The molecule has 1 aliphatic heterocycles. The molecule has 2 amide bonds. The van der Waals surface area contributed by atoms with Crippen molar-refractivity contribution in [2.24, 2.45) is 5.92 Å². The van der Waals surface area contributed by atoms with Crippen LogP contribution in [0.3, 0.4) is 0 Å². The fourth-order valence-corrected chi connectivity index (χ4v) is 3.10. The molecule has 1 aromatic carbocycles. The van der Waals surface area contributed by atoms with E-state index in [4.69, 9.17) is 9.47 Å². The van der Waals surface area contributed by atoms with E-state index in [1.807, 2.05) is 45.0 Å². The zero-order valence-electron chi connectivity index (χ0n) is 16.9. The summed E-state index contributed by atoms with van der Waals surface area (Å²) in [6.07, 6.45) is 1.91. The number of nitrogens with zero attached hydrogens (tertiary/aromatic N) is 1. The predicted molar refractivity (Wildman–Crippen MR) is 104 cm³/mol. The van der Waals surface area contributed by atoms with Crippen molar-refractivity contribution in [3.05, 3.63) is 35.4 Å². The molecule has 1 heterocycles. The lowest BCUT2D eigenvalue weighted by molar-refractivity contribution is -0.122.